The third kappa shape index (κ3) is 2.17. The average molecular weight is 314 g/mol. The van der Waals surface area contributed by atoms with Crippen molar-refractivity contribution in [1.82, 2.24) is 5.32 Å². The number of rotatable bonds is 2. The van der Waals surface area contributed by atoms with Gasteiger partial charge in [-0.15, -0.1) is 0 Å². The highest BCUT2D eigenvalue weighted by Gasteiger charge is 2.55. The fourth-order valence-electron chi connectivity index (χ4n) is 3.65. The average Bonchev–Trinajstić information content (AvgIpc) is 3.19. The molecule has 112 valence electrons. The van der Waals surface area contributed by atoms with E-state index in [1.54, 1.807) is 0 Å². The van der Waals surface area contributed by atoms with Crippen LogP contribution in [-0.4, -0.2) is 11.2 Å². The van der Waals surface area contributed by atoms with Gasteiger partial charge in [0.05, 0.1) is 6.04 Å². The van der Waals surface area contributed by atoms with Crippen LogP contribution in [0.3, 0.4) is 0 Å². The number of nitrogens with one attached hydrogen (secondary N) is 1. The highest BCUT2D eigenvalue weighted by atomic mass is 35.5. The summed E-state index contributed by atoms with van der Waals surface area (Å²) in [5, 5.41) is 12.5. The van der Waals surface area contributed by atoms with Crippen molar-refractivity contribution in [3.63, 3.8) is 0 Å². The molecule has 0 bridgehead atoms. The molecule has 2 N–H and O–H groups in total. The van der Waals surface area contributed by atoms with Crippen molar-refractivity contribution in [3.8, 4) is 11.1 Å². The molecule has 3 nitrogen and oxygen atoms in total. The first kappa shape index (κ1) is 13.6. The van der Waals surface area contributed by atoms with Crippen LogP contribution in [-0.2, 0) is 6.42 Å². The minimum absolute atomic E-state index is 0.0562. The molecular weight excluding hydrogens is 298 g/mol. The molecule has 4 heteroatoms. The predicted octanol–water partition coefficient (Wildman–Crippen LogP) is 4.65. The van der Waals surface area contributed by atoms with Crippen molar-refractivity contribution >= 4 is 17.7 Å². The number of benzene rings is 2. The normalized spacial score (nSPS) is 20.7. The molecule has 0 saturated heterocycles. The lowest BCUT2D eigenvalue weighted by molar-refractivity contribution is 0.184. The van der Waals surface area contributed by atoms with Gasteiger partial charge in [0, 0.05) is 5.02 Å². The van der Waals surface area contributed by atoms with Crippen LogP contribution >= 0.6 is 11.6 Å². The molecule has 4 rings (SSSR count). The molecule has 1 unspecified atom stereocenters. The minimum Gasteiger partial charge on any atom is -0.465 e. The Morgan fingerprint density at radius 1 is 1.14 bits per heavy atom. The van der Waals surface area contributed by atoms with Crippen molar-refractivity contribution in [2.45, 2.75) is 25.3 Å². The second-order valence-electron chi connectivity index (χ2n) is 6.34. The molecule has 1 saturated carbocycles. The second kappa shape index (κ2) is 4.75. The first-order chi connectivity index (χ1) is 10.6. The van der Waals surface area contributed by atoms with E-state index >= 15 is 0 Å². The van der Waals surface area contributed by atoms with Gasteiger partial charge in [0.1, 0.15) is 0 Å². The summed E-state index contributed by atoms with van der Waals surface area (Å²) in [5.41, 5.74) is 4.81. The number of carbonyl (C=O) groups is 1. The van der Waals surface area contributed by atoms with E-state index in [4.69, 9.17) is 16.7 Å². The Labute approximate surface area is 133 Å². The predicted molar refractivity (Wildman–Crippen MR) is 86.2 cm³/mol. The summed E-state index contributed by atoms with van der Waals surface area (Å²) in [6, 6.07) is 14.1. The molecule has 1 atom stereocenters. The van der Waals surface area contributed by atoms with Gasteiger partial charge in [-0.3, -0.25) is 0 Å². The highest BCUT2D eigenvalue weighted by Crippen LogP contribution is 2.62. The Bertz CT molecular complexity index is 750. The van der Waals surface area contributed by atoms with Crippen LogP contribution in [0.25, 0.3) is 11.1 Å². The van der Waals surface area contributed by atoms with Crippen LogP contribution in [0.1, 0.15) is 30.0 Å². The summed E-state index contributed by atoms with van der Waals surface area (Å²) >= 11 is 5.94. The summed E-state index contributed by atoms with van der Waals surface area (Å²) in [5.74, 6) is 0. The van der Waals surface area contributed by atoms with Gasteiger partial charge < -0.3 is 10.4 Å². The Morgan fingerprint density at radius 3 is 2.45 bits per heavy atom. The standard InChI is InChI=1S/C18H16ClNO2/c19-14-4-1-11(2-5-14)12-3-6-15-13(9-12)10-18(7-8-18)16(15)20-17(21)22/h1-6,9,16,20H,7-8,10H2,(H,21,22). The summed E-state index contributed by atoms with van der Waals surface area (Å²) in [6.07, 6.45) is 2.23. The molecule has 1 spiro atoms. The van der Waals surface area contributed by atoms with Crippen LogP contribution in [0.15, 0.2) is 42.5 Å². The molecule has 0 heterocycles. The van der Waals surface area contributed by atoms with Gasteiger partial charge in [0.15, 0.2) is 0 Å². The van der Waals surface area contributed by atoms with Gasteiger partial charge in [-0.1, -0.05) is 41.9 Å². The molecule has 0 aliphatic heterocycles. The van der Waals surface area contributed by atoms with Crippen LogP contribution < -0.4 is 5.32 Å². The molecule has 22 heavy (non-hydrogen) atoms. The number of fused-ring (bicyclic) bond motifs is 1. The fraction of sp³-hybridized carbons (Fsp3) is 0.278. The van der Waals surface area contributed by atoms with E-state index in [1.807, 2.05) is 24.3 Å². The number of amides is 1. The van der Waals surface area contributed by atoms with E-state index in [9.17, 15) is 4.79 Å². The summed E-state index contributed by atoms with van der Waals surface area (Å²) in [6.45, 7) is 0. The number of halogens is 1. The molecule has 2 aliphatic rings. The van der Waals surface area contributed by atoms with E-state index in [2.05, 4.69) is 23.5 Å². The molecule has 2 aliphatic carbocycles. The van der Waals surface area contributed by atoms with Crippen molar-refractivity contribution < 1.29 is 9.90 Å². The van der Waals surface area contributed by atoms with Gasteiger partial charge in [-0.05, 0) is 59.1 Å². The molecule has 0 radical (unpaired) electrons. The third-order valence-corrected chi connectivity index (χ3v) is 5.20. The topological polar surface area (TPSA) is 49.3 Å². The van der Waals surface area contributed by atoms with E-state index in [-0.39, 0.29) is 11.5 Å². The second-order valence-corrected chi connectivity index (χ2v) is 6.78. The number of carboxylic acid groups (broad SMARTS) is 1. The van der Waals surface area contributed by atoms with E-state index in [0.29, 0.717) is 0 Å². The van der Waals surface area contributed by atoms with Crippen LogP contribution in [0, 0.1) is 5.41 Å². The van der Waals surface area contributed by atoms with Crippen molar-refractivity contribution in [1.29, 1.82) is 0 Å². The lowest BCUT2D eigenvalue weighted by Gasteiger charge is -2.19. The van der Waals surface area contributed by atoms with Crippen LogP contribution in [0.2, 0.25) is 5.02 Å². The first-order valence-electron chi connectivity index (χ1n) is 7.46. The lowest BCUT2D eigenvalue weighted by Crippen LogP contribution is -2.30. The molecule has 2 aromatic carbocycles. The van der Waals surface area contributed by atoms with E-state index in [0.717, 1.165) is 41.0 Å². The van der Waals surface area contributed by atoms with Crippen LogP contribution in [0.4, 0.5) is 4.79 Å². The zero-order valence-corrected chi connectivity index (χ0v) is 12.7. The minimum atomic E-state index is -0.939. The van der Waals surface area contributed by atoms with Crippen molar-refractivity contribution in [3.05, 3.63) is 58.6 Å². The van der Waals surface area contributed by atoms with Crippen LogP contribution in [0.5, 0.6) is 0 Å². The quantitative estimate of drug-likeness (QED) is 0.847. The Hall–Kier alpha value is -2.00. The third-order valence-electron chi connectivity index (χ3n) is 4.95. The summed E-state index contributed by atoms with van der Waals surface area (Å²) < 4.78 is 0. The Kier molecular flexibility index (Phi) is 2.95. The van der Waals surface area contributed by atoms with Gasteiger partial charge in [-0.2, -0.15) is 0 Å². The zero-order valence-electron chi connectivity index (χ0n) is 12.0. The van der Waals surface area contributed by atoms with Crippen molar-refractivity contribution in [2.24, 2.45) is 5.41 Å². The summed E-state index contributed by atoms with van der Waals surface area (Å²) in [4.78, 5) is 11.1. The van der Waals surface area contributed by atoms with Crippen molar-refractivity contribution in [2.75, 3.05) is 0 Å². The SMILES string of the molecule is O=C(O)NC1c2ccc(-c3ccc(Cl)cc3)cc2CC12CC2. The number of hydrogen-bond acceptors (Lipinski definition) is 1. The highest BCUT2D eigenvalue weighted by molar-refractivity contribution is 6.30. The largest absolute Gasteiger partial charge is 0.465 e. The fourth-order valence-corrected chi connectivity index (χ4v) is 3.78. The molecule has 1 amide bonds. The monoisotopic (exact) mass is 313 g/mol. The molecule has 1 fully saturated rings. The molecule has 2 aromatic rings. The maximum Gasteiger partial charge on any atom is 0.405 e. The van der Waals surface area contributed by atoms with Gasteiger partial charge in [0.2, 0.25) is 0 Å². The van der Waals surface area contributed by atoms with Gasteiger partial charge in [-0.25, -0.2) is 4.79 Å². The lowest BCUT2D eigenvalue weighted by atomic mass is 9.97. The van der Waals surface area contributed by atoms with Gasteiger partial charge in [0.25, 0.3) is 0 Å². The smallest absolute Gasteiger partial charge is 0.405 e. The maximum atomic E-state index is 11.1. The maximum absolute atomic E-state index is 11.1. The number of hydrogen-bond donors (Lipinski definition) is 2. The Morgan fingerprint density at radius 2 is 1.82 bits per heavy atom. The Balaban J connectivity index is 1.71. The van der Waals surface area contributed by atoms with Gasteiger partial charge >= 0.3 is 6.09 Å². The molecular formula is C18H16ClNO2. The summed E-state index contributed by atoms with van der Waals surface area (Å²) in [7, 11) is 0. The van der Waals surface area contributed by atoms with E-state index < -0.39 is 6.09 Å². The first-order valence-corrected chi connectivity index (χ1v) is 7.83. The zero-order chi connectivity index (χ0) is 15.3. The molecule has 0 aromatic heterocycles. The van der Waals surface area contributed by atoms with E-state index in [1.165, 1.54) is 5.56 Å².